The Morgan fingerprint density at radius 2 is 2.36 bits per heavy atom. The molecule has 0 aromatic carbocycles. The zero-order chi connectivity index (χ0) is 8.27. The van der Waals surface area contributed by atoms with Gasteiger partial charge in [-0.05, 0) is 0 Å². The average molecular weight is 156 g/mol. The summed E-state index contributed by atoms with van der Waals surface area (Å²) in [5.41, 5.74) is 0. The highest BCUT2D eigenvalue weighted by Gasteiger charge is 2.17. The van der Waals surface area contributed by atoms with Gasteiger partial charge < -0.3 is 14.3 Å². The second-order valence-corrected chi connectivity index (χ2v) is 2.10. The van der Waals surface area contributed by atoms with Crippen LogP contribution in [-0.2, 0) is 19.1 Å². The lowest BCUT2D eigenvalue weighted by Gasteiger charge is -2.19. The summed E-state index contributed by atoms with van der Waals surface area (Å²) < 4.78 is 9.59. The molecule has 4 heteroatoms. The summed E-state index contributed by atoms with van der Waals surface area (Å²) in [4.78, 5) is 20.7. The molecule has 1 aliphatic heterocycles. The molecule has 0 amide bonds. The smallest absolute Gasteiger partial charge is 0.337 e. The van der Waals surface area contributed by atoms with Crippen molar-refractivity contribution in [3.05, 3.63) is 11.8 Å². The Labute approximate surface area is 63.8 Å². The minimum atomic E-state index is -0.581. The molecule has 0 aromatic heterocycles. The Morgan fingerprint density at radius 1 is 1.64 bits per heavy atom. The summed E-state index contributed by atoms with van der Waals surface area (Å²) in [7, 11) is 0. The molecule has 0 spiro atoms. The van der Waals surface area contributed by atoms with Gasteiger partial charge in [-0.3, -0.25) is 0 Å². The number of cyclic esters (lactones) is 1. The van der Waals surface area contributed by atoms with Crippen molar-refractivity contribution in [1.29, 1.82) is 0 Å². The van der Waals surface area contributed by atoms with Gasteiger partial charge in [0.05, 0.1) is 12.5 Å². The number of aldehydes is 1. The Morgan fingerprint density at radius 3 is 2.91 bits per heavy atom. The van der Waals surface area contributed by atoms with E-state index >= 15 is 0 Å². The van der Waals surface area contributed by atoms with Crippen LogP contribution in [0.3, 0.4) is 0 Å². The van der Waals surface area contributed by atoms with Crippen LogP contribution in [0.15, 0.2) is 11.8 Å². The molecular formula is C7H8O4. The Balaban J connectivity index is 2.63. The molecule has 0 aliphatic carbocycles. The van der Waals surface area contributed by atoms with Crippen LogP contribution >= 0.6 is 0 Å². The molecule has 1 atom stereocenters. The molecule has 0 saturated carbocycles. The molecule has 1 heterocycles. The maximum absolute atomic E-state index is 10.7. The summed E-state index contributed by atoms with van der Waals surface area (Å²) in [5, 5.41) is 0. The molecule has 1 aliphatic rings. The lowest BCUT2D eigenvalue weighted by Crippen LogP contribution is -2.22. The minimum absolute atomic E-state index is 0.124. The SMILES string of the molecule is CC1OC(=O)C=C(CC=O)O1. The molecule has 0 aromatic rings. The third kappa shape index (κ3) is 2.07. The number of rotatable bonds is 2. The topological polar surface area (TPSA) is 52.6 Å². The molecule has 11 heavy (non-hydrogen) atoms. The van der Waals surface area contributed by atoms with Gasteiger partial charge in [0.2, 0.25) is 6.29 Å². The van der Waals surface area contributed by atoms with Crippen molar-refractivity contribution >= 4 is 12.3 Å². The molecule has 0 N–H and O–H groups in total. The maximum atomic E-state index is 10.7. The van der Waals surface area contributed by atoms with E-state index < -0.39 is 12.3 Å². The van der Waals surface area contributed by atoms with Gasteiger partial charge in [0.15, 0.2) is 0 Å². The van der Waals surface area contributed by atoms with Crippen LogP contribution in [-0.4, -0.2) is 18.5 Å². The van der Waals surface area contributed by atoms with Crippen molar-refractivity contribution in [2.45, 2.75) is 19.6 Å². The summed E-state index contributed by atoms with van der Waals surface area (Å²) >= 11 is 0. The Bertz CT molecular complexity index is 206. The van der Waals surface area contributed by atoms with Gasteiger partial charge in [-0.25, -0.2) is 4.79 Å². The third-order valence-corrected chi connectivity index (χ3v) is 1.16. The highest BCUT2D eigenvalue weighted by molar-refractivity contribution is 5.83. The first-order chi connectivity index (χ1) is 5.22. The molecule has 1 unspecified atom stereocenters. The van der Waals surface area contributed by atoms with E-state index in [1.54, 1.807) is 6.92 Å². The van der Waals surface area contributed by atoms with Crippen molar-refractivity contribution in [2.75, 3.05) is 0 Å². The molecule has 0 saturated heterocycles. The highest BCUT2D eigenvalue weighted by Crippen LogP contribution is 2.12. The molecule has 0 fully saturated rings. The first-order valence-electron chi connectivity index (χ1n) is 3.24. The fourth-order valence-corrected chi connectivity index (χ4v) is 0.789. The molecule has 60 valence electrons. The molecule has 0 radical (unpaired) electrons. The summed E-state index contributed by atoms with van der Waals surface area (Å²) in [5.74, 6) is -0.0932. The van der Waals surface area contributed by atoms with Crippen LogP contribution in [0.4, 0.5) is 0 Å². The number of carbonyl (C=O) groups is 2. The minimum Gasteiger partial charge on any atom is -0.459 e. The Hall–Kier alpha value is -1.32. The van der Waals surface area contributed by atoms with Crippen LogP contribution < -0.4 is 0 Å². The van der Waals surface area contributed by atoms with Crippen molar-refractivity contribution in [2.24, 2.45) is 0 Å². The third-order valence-electron chi connectivity index (χ3n) is 1.16. The normalized spacial score (nSPS) is 23.2. The monoisotopic (exact) mass is 156 g/mol. The van der Waals surface area contributed by atoms with E-state index in [1.807, 2.05) is 0 Å². The Kier molecular flexibility index (Phi) is 2.25. The largest absolute Gasteiger partial charge is 0.459 e. The lowest BCUT2D eigenvalue weighted by atomic mass is 10.3. The predicted molar refractivity (Wildman–Crippen MR) is 35.4 cm³/mol. The quantitative estimate of drug-likeness (QED) is 0.428. The molecular weight excluding hydrogens is 148 g/mol. The van der Waals surface area contributed by atoms with Crippen LogP contribution in [0.2, 0.25) is 0 Å². The highest BCUT2D eigenvalue weighted by atomic mass is 16.7. The van der Waals surface area contributed by atoms with Gasteiger partial charge >= 0.3 is 5.97 Å². The van der Waals surface area contributed by atoms with Crippen molar-refractivity contribution < 1.29 is 19.1 Å². The number of esters is 1. The average Bonchev–Trinajstić information content (AvgIpc) is 1.85. The van der Waals surface area contributed by atoms with Gasteiger partial charge in [-0.1, -0.05) is 0 Å². The second kappa shape index (κ2) is 3.18. The molecule has 4 nitrogen and oxygen atoms in total. The summed E-state index contributed by atoms with van der Waals surface area (Å²) in [6, 6.07) is 0. The van der Waals surface area contributed by atoms with Crippen LogP contribution in [0.1, 0.15) is 13.3 Å². The predicted octanol–water partition coefficient (Wildman–Crippen LogP) is 0.379. The van der Waals surface area contributed by atoms with Crippen LogP contribution in [0.25, 0.3) is 0 Å². The standard InChI is InChI=1S/C7H8O4/c1-5-10-6(2-3-8)4-7(9)11-5/h3-5H,2H2,1H3. The van der Waals surface area contributed by atoms with E-state index in [0.29, 0.717) is 12.0 Å². The first-order valence-corrected chi connectivity index (χ1v) is 3.24. The van der Waals surface area contributed by atoms with Crippen molar-refractivity contribution in [3.63, 3.8) is 0 Å². The van der Waals surface area contributed by atoms with E-state index in [4.69, 9.17) is 4.74 Å². The van der Waals surface area contributed by atoms with Crippen molar-refractivity contribution in [3.8, 4) is 0 Å². The number of hydrogen-bond acceptors (Lipinski definition) is 4. The van der Waals surface area contributed by atoms with E-state index in [-0.39, 0.29) is 6.42 Å². The first kappa shape index (κ1) is 7.78. The van der Waals surface area contributed by atoms with E-state index in [9.17, 15) is 9.59 Å². The summed E-state index contributed by atoms with van der Waals surface area (Å²) in [6.07, 6.45) is 1.40. The number of carbonyl (C=O) groups excluding carboxylic acids is 2. The fourth-order valence-electron chi connectivity index (χ4n) is 0.789. The molecule has 1 rings (SSSR count). The van der Waals surface area contributed by atoms with Gasteiger partial charge in [0.25, 0.3) is 0 Å². The fraction of sp³-hybridized carbons (Fsp3) is 0.429. The number of hydrogen-bond donors (Lipinski definition) is 0. The van der Waals surface area contributed by atoms with Gasteiger partial charge in [-0.15, -0.1) is 0 Å². The van der Waals surface area contributed by atoms with Crippen LogP contribution in [0.5, 0.6) is 0 Å². The lowest BCUT2D eigenvalue weighted by molar-refractivity contribution is -0.168. The van der Waals surface area contributed by atoms with Gasteiger partial charge in [-0.2, -0.15) is 0 Å². The number of allylic oxidation sites excluding steroid dienone is 1. The van der Waals surface area contributed by atoms with Crippen LogP contribution in [0, 0.1) is 0 Å². The van der Waals surface area contributed by atoms with E-state index in [1.165, 1.54) is 6.08 Å². The van der Waals surface area contributed by atoms with Crippen molar-refractivity contribution in [1.82, 2.24) is 0 Å². The zero-order valence-corrected chi connectivity index (χ0v) is 6.07. The van der Waals surface area contributed by atoms with E-state index in [0.717, 1.165) is 0 Å². The molecule has 0 bridgehead atoms. The van der Waals surface area contributed by atoms with Gasteiger partial charge in [0, 0.05) is 6.92 Å². The second-order valence-electron chi connectivity index (χ2n) is 2.10. The maximum Gasteiger partial charge on any atom is 0.337 e. The van der Waals surface area contributed by atoms with E-state index in [2.05, 4.69) is 4.74 Å². The van der Waals surface area contributed by atoms with Gasteiger partial charge in [0.1, 0.15) is 12.0 Å². The zero-order valence-electron chi connectivity index (χ0n) is 6.07. The summed E-state index contributed by atoms with van der Waals surface area (Å²) in [6.45, 7) is 1.59. The number of ether oxygens (including phenoxy) is 2.